The molecule has 2 nitrogen and oxygen atoms in total. The van der Waals surface area contributed by atoms with Gasteiger partial charge in [-0.1, -0.05) is 62.2 Å². The first kappa shape index (κ1) is 17.3. The minimum atomic E-state index is -0.261. The zero-order chi connectivity index (χ0) is 16.2. The van der Waals surface area contributed by atoms with Gasteiger partial charge in [0.1, 0.15) is 0 Å². The van der Waals surface area contributed by atoms with Crippen LogP contribution in [0.25, 0.3) is 6.08 Å². The molecule has 1 atom stereocenters. The SMILES string of the molecule is CCCCC(/C=C/c1ccccc1)B1OC(C)(C)C(C)(C)O1. The van der Waals surface area contributed by atoms with Crippen molar-refractivity contribution in [3.8, 4) is 0 Å². The van der Waals surface area contributed by atoms with Crippen molar-refractivity contribution in [2.24, 2.45) is 0 Å². The van der Waals surface area contributed by atoms with Crippen LogP contribution in [0.15, 0.2) is 36.4 Å². The van der Waals surface area contributed by atoms with Gasteiger partial charge in [0.15, 0.2) is 0 Å². The third kappa shape index (κ3) is 4.02. The maximum Gasteiger partial charge on any atom is 0.465 e. The van der Waals surface area contributed by atoms with Gasteiger partial charge in [0, 0.05) is 5.82 Å². The molecule has 0 aliphatic carbocycles. The molecule has 22 heavy (non-hydrogen) atoms. The Bertz CT molecular complexity index is 477. The van der Waals surface area contributed by atoms with Crippen molar-refractivity contribution in [1.82, 2.24) is 0 Å². The van der Waals surface area contributed by atoms with Crippen molar-refractivity contribution in [3.63, 3.8) is 0 Å². The van der Waals surface area contributed by atoms with Crippen LogP contribution in [0.4, 0.5) is 0 Å². The fourth-order valence-electron chi connectivity index (χ4n) is 2.63. The average molecular weight is 300 g/mol. The third-order valence-electron chi connectivity index (χ3n) is 4.85. The molecule has 1 aromatic rings. The molecule has 1 saturated heterocycles. The van der Waals surface area contributed by atoms with E-state index in [9.17, 15) is 0 Å². The van der Waals surface area contributed by atoms with Crippen LogP contribution in [-0.2, 0) is 9.31 Å². The first-order valence-electron chi connectivity index (χ1n) is 8.44. The topological polar surface area (TPSA) is 18.5 Å². The predicted molar refractivity (Wildman–Crippen MR) is 94.8 cm³/mol. The van der Waals surface area contributed by atoms with Crippen molar-refractivity contribution < 1.29 is 9.31 Å². The lowest BCUT2D eigenvalue weighted by molar-refractivity contribution is 0.00578. The predicted octanol–water partition coefficient (Wildman–Crippen LogP) is 5.35. The lowest BCUT2D eigenvalue weighted by Crippen LogP contribution is -2.41. The molecule has 0 radical (unpaired) electrons. The first-order valence-corrected chi connectivity index (χ1v) is 8.44. The van der Waals surface area contributed by atoms with E-state index in [0.717, 1.165) is 6.42 Å². The lowest BCUT2D eigenvalue weighted by atomic mass is 9.69. The highest BCUT2D eigenvalue weighted by atomic mass is 16.7. The Morgan fingerprint density at radius 1 is 1.05 bits per heavy atom. The zero-order valence-corrected chi connectivity index (χ0v) is 14.6. The minimum Gasteiger partial charge on any atom is -0.403 e. The second-order valence-corrected chi connectivity index (χ2v) is 7.20. The van der Waals surface area contributed by atoms with Crippen LogP contribution >= 0.6 is 0 Å². The van der Waals surface area contributed by atoms with Gasteiger partial charge in [0.25, 0.3) is 0 Å². The van der Waals surface area contributed by atoms with Gasteiger partial charge in [0.2, 0.25) is 0 Å². The van der Waals surface area contributed by atoms with Gasteiger partial charge in [-0.2, -0.15) is 0 Å². The molecule has 0 saturated carbocycles. The van der Waals surface area contributed by atoms with E-state index in [1.165, 1.54) is 18.4 Å². The van der Waals surface area contributed by atoms with E-state index in [1.54, 1.807) is 0 Å². The molecule has 0 aromatic heterocycles. The van der Waals surface area contributed by atoms with E-state index in [-0.39, 0.29) is 18.3 Å². The molecule has 1 heterocycles. The number of hydrogen-bond donors (Lipinski definition) is 0. The quantitative estimate of drug-likeness (QED) is 0.659. The summed E-state index contributed by atoms with van der Waals surface area (Å²) < 4.78 is 12.5. The fraction of sp³-hybridized carbons (Fsp3) is 0.579. The van der Waals surface area contributed by atoms with E-state index < -0.39 is 0 Å². The van der Waals surface area contributed by atoms with Crippen molar-refractivity contribution >= 4 is 13.2 Å². The van der Waals surface area contributed by atoms with Crippen molar-refractivity contribution in [2.45, 2.75) is 70.9 Å². The van der Waals surface area contributed by atoms with Gasteiger partial charge in [-0.25, -0.2) is 0 Å². The van der Waals surface area contributed by atoms with E-state index in [1.807, 2.05) is 6.07 Å². The summed E-state index contributed by atoms with van der Waals surface area (Å²) in [6.45, 7) is 10.7. The molecular weight excluding hydrogens is 271 g/mol. The normalized spacial score (nSPS) is 21.4. The van der Waals surface area contributed by atoms with Crippen LogP contribution < -0.4 is 0 Å². The van der Waals surface area contributed by atoms with Gasteiger partial charge in [-0.05, 0) is 39.7 Å². The maximum atomic E-state index is 6.24. The van der Waals surface area contributed by atoms with Crippen molar-refractivity contribution in [2.75, 3.05) is 0 Å². The number of hydrogen-bond acceptors (Lipinski definition) is 2. The van der Waals surface area contributed by atoms with Gasteiger partial charge < -0.3 is 9.31 Å². The Kier molecular flexibility index (Phi) is 5.52. The number of unbranched alkanes of at least 4 members (excludes halogenated alkanes) is 1. The summed E-state index contributed by atoms with van der Waals surface area (Å²) in [5.74, 6) is 0.293. The average Bonchev–Trinajstić information content (AvgIpc) is 2.68. The molecule has 0 N–H and O–H groups in total. The standard InChI is InChI=1S/C19H29BO2/c1-6-7-13-17(15-14-16-11-9-8-10-12-16)20-21-18(2,3)19(4,5)22-20/h8-12,14-15,17H,6-7,13H2,1-5H3/b15-14+. The Labute approximate surface area is 136 Å². The molecule has 1 fully saturated rings. The smallest absolute Gasteiger partial charge is 0.403 e. The maximum absolute atomic E-state index is 6.24. The highest BCUT2D eigenvalue weighted by Gasteiger charge is 2.52. The second-order valence-electron chi connectivity index (χ2n) is 7.20. The summed E-state index contributed by atoms with van der Waals surface area (Å²) >= 11 is 0. The molecule has 1 aliphatic rings. The Morgan fingerprint density at radius 2 is 1.64 bits per heavy atom. The molecular formula is C19H29BO2. The van der Waals surface area contributed by atoms with Crippen molar-refractivity contribution in [3.05, 3.63) is 42.0 Å². The molecule has 3 heteroatoms. The van der Waals surface area contributed by atoms with Crippen LogP contribution in [0.5, 0.6) is 0 Å². The molecule has 1 aliphatic heterocycles. The summed E-state index contributed by atoms with van der Waals surface area (Å²) in [6.07, 6.45) is 7.91. The Morgan fingerprint density at radius 3 is 2.18 bits per heavy atom. The highest BCUT2D eigenvalue weighted by Crippen LogP contribution is 2.41. The van der Waals surface area contributed by atoms with Gasteiger partial charge >= 0.3 is 7.12 Å². The van der Waals surface area contributed by atoms with Gasteiger partial charge in [-0.3, -0.25) is 0 Å². The largest absolute Gasteiger partial charge is 0.465 e. The molecule has 0 bridgehead atoms. The summed E-state index contributed by atoms with van der Waals surface area (Å²) in [6, 6.07) is 10.4. The first-order chi connectivity index (χ1) is 10.4. The van der Waals surface area contributed by atoms with Crippen LogP contribution in [0, 0.1) is 0 Å². The molecule has 2 rings (SSSR count). The molecule has 120 valence electrons. The van der Waals surface area contributed by atoms with E-state index in [4.69, 9.17) is 9.31 Å². The van der Waals surface area contributed by atoms with E-state index in [0.29, 0.717) is 5.82 Å². The minimum absolute atomic E-state index is 0.156. The highest BCUT2D eigenvalue weighted by molar-refractivity contribution is 6.48. The molecule has 0 spiro atoms. The number of rotatable bonds is 6. The lowest BCUT2D eigenvalue weighted by Gasteiger charge is -2.32. The molecule has 1 unspecified atom stereocenters. The summed E-state index contributed by atoms with van der Waals surface area (Å²) in [4.78, 5) is 0. The van der Waals surface area contributed by atoms with Crippen LogP contribution in [-0.4, -0.2) is 18.3 Å². The molecule has 0 amide bonds. The fourth-order valence-corrected chi connectivity index (χ4v) is 2.63. The Hall–Kier alpha value is -1.06. The van der Waals surface area contributed by atoms with Gasteiger partial charge in [0.05, 0.1) is 11.2 Å². The van der Waals surface area contributed by atoms with E-state index in [2.05, 4.69) is 71.0 Å². The second kappa shape index (κ2) is 7.01. The van der Waals surface area contributed by atoms with Crippen LogP contribution in [0.1, 0.15) is 59.4 Å². The zero-order valence-electron chi connectivity index (χ0n) is 14.6. The van der Waals surface area contributed by atoms with Crippen LogP contribution in [0.3, 0.4) is 0 Å². The van der Waals surface area contributed by atoms with Crippen molar-refractivity contribution in [1.29, 1.82) is 0 Å². The Balaban J connectivity index is 2.12. The molecule has 1 aromatic carbocycles. The number of benzene rings is 1. The summed E-state index contributed by atoms with van der Waals surface area (Å²) in [5.41, 5.74) is 0.700. The van der Waals surface area contributed by atoms with E-state index >= 15 is 0 Å². The third-order valence-corrected chi connectivity index (χ3v) is 4.85. The summed E-state index contributed by atoms with van der Waals surface area (Å²) in [5, 5.41) is 0. The monoisotopic (exact) mass is 300 g/mol. The van der Waals surface area contributed by atoms with Gasteiger partial charge in [-0.15, -0.1) is 0 Å². The van der Waals surface area contributed by atoms with Crippen LogP contribution in [0.2, 0.25) is 5.82 Å². The summed E-state index contributed by atoms with van der Waals surface area (Å²) in [7, 11) is -0.156. The number of allylic oxidation sites excluding steroid dienone is 1.